The van der Waals surface area contributed by atoms with Crippen molar-refractivity contribution in [1.82, 2.24) is 4.72 Å². The Bertz CT molecular complexity index is 805. The molecule has 0 spiro atoms. The minimum Gasteiger partial charge on any atom is -0.497 e. The number of hydrogen-bond acceptors (Lipinski definition) is 4. The van der Waals surface area contributed by atoms with Gasteiger partial charge in [0.15, 0.2) is 0 Å². The third-order valence-electron chi connectivity index (χ3n) is 3.21. The van der Waals surface area contributed by atoms with Crippen molar-refractivity contribution in [2.24, 2.45) is 0 Å². The van der Waals surface area contributed by atoms with Crippen LogP contribution in [0.3, 0.4) is 0 Å². The third kappa shape index (κ3) is 4.53. The quantitative estimate of drug-likeness (QED) is 0.834. The summed E-state index contributed by atoms with van der Waals surface area (Å²) in [6.45, 7) is 1.42. The first kappa shape index (κ1) is 17.9. The lowest BCUT2D eigenvalue weighted by molar-refractivity contribution is -0.117. The molecule has 0 fully saturated rings. The Hall–Kier alpha value is -2.45. The monoisotopic (exact) mass is 352 g/mol. The molecular weight excluding hydrogens is 335 g/mol. The number of carbonyl (C=O) groups excluding carboxylic acids is 1. The first-order valence-electron chi connectivity index (χ1n) is 7.04. The molecule has 2 rings (SSSR count). The molecule has 2 aromatic rings. The van der Waals surface area contributed by atoms with Crippen LogP contribution in [-0.2, 0) is 14.8 Å². The van der Waals surface area contributed by atoms with E-state index in [9.17, 15) is 17.6 Å². The Balaban J connectivity index is 2.04. The molecule has 2 aromatic carbocycles. The second-order valence-electron chi connectivity index (χ2n) is 5.01. The zero-order chi connectivity index (χ0) is 17.7. The van der Waals surface area contributed by atoms with E-state index in [1.165, 1.54) is 62.6 Å². The maximum Gasteiger partial charge on any atom is 0.242 e. The molecule has 1 amide bonds. The maximum absolute atomic E-state index is 12.8. The first-order valence-corrected chi connectivity index (χ1v) is 8.53. The number of rotatable bonds is 6. The molecule has 6 nitrogen and oxygen atoms in total. The fourth-order valence-electron chi connectivity index (χ4n) is 1.89. The fourth-order valence-corrected chi connectivity index (χ4v) is 3.10. The summed E-state index contributed by atoms with van der Waals surface area (Å²) in [7, 11) is -2.38. The molecule has 24 heavy (non-hydrogen) atoms. The van der Waals surface area contributed by atoms with Crippen LogP contribution >= 0.6 is 0 Å². The van der Waals surface area contributed by atoms with Crippen molar-refractivity contribution in [1.29, 1.82) is 0 Å². The third-order valence-corrected chi connectivity index (χ3v) is 4.76. The Kier molecular flexibility index (Phi) is 5.53. The topological polar surface area (TPSA) is 84.5 Å². The van der Waals surface area contributed by atoms with E-state index in [1.54, 1.807) is 0 Å². The maximum atomic E-state index is 12.8. The van der Waals surface area contributed by atoms with Gasteiger partial charge in [0.05, 0.1) is 18.0 Å². The van der Waals surface area contributed by atoms with Crippen molar-refractivity contribution in [3.05, 3.63) is 54.3 Å². The van der Waals surface area contributed by atoms with E-state index >= 15 is 0 Å². The second kappa shape index (κ2) is 7.41. The van der Waals surface area contributed by atoms with Crippen LogP contribution in [0.1, 0.15) is 6.92 Å². The molecule has 2 N–H and O–H groups in total. The molecule has 1 atom stereocenters. The van der Waals surface area contributed by atoms with Crippen molar-refractivity contribution in [2.75, 3.05) is 12.4 Å². The van der Waals surface area contributed by atoms with Crippen LogP contribution in [0.2, 0.25) is 0 Å². The predicted molar refractivity (Wildman–Crippen MR) is 87.8 cm³/mol. The Morgan fingerprint density at radius 3 is 2.21 bits per heavy atom. The zero-order valence-corrected chi connectivity index (χ0v) is 13.9. The Morgan fingerprint density at radius 2 is 1.67 bits per heavy atom. The summed E-state index contributed by atoms with van der Waals surface area (Å²) < 4.78 is 44.6. The minimum atomic E-state index is -3.85. The minimum absolute atomic E-state index is 0.0183. The SMILES string of the molecule is COc1ccc(S(=O)(=O)N[C@H](C)C(=O)Nc2ccc(F)cc2)cc1. The Labute approximate surface area is 139 Å². The molecule has 0 heterocycles. The number of methoxy groups -OCH3 is 1. The first-order chi connectivity index (χ1) is 11.3. The number of ether oxygens (including phenoxy) is 1. The van der Waals surface area contributed by atoms with Crippen LogP contribution < -0.4 is 14.8 Å². The van der Waals surface area contributed by atoms with Crippen LogP contribution in [0.15, 0.2) is 53.4 Å². The number of nitrogens with one attached hydrogen (secondary N) is 2. The lowest BCUT2D eigenvalue weighted by Gasteiger charge is -2.14. The van der Waals surface area contributed by atoms with Crippen molar-refractivity contribution in [3.8, 4) is 5.75 Å². The molecule has 0 aromatic heterocycles. The van der Waals surface area contributed by atoms with Gasteiger partial charge in [-0.3, -0.25) is 4.79 Å². The normalized spacial score (nSPS) is 12.5. The molecule has 0 saturated heterocycles. The summed E-state index contributed by atoms with van der Waals surface area (Å²) in [6, 6.07) is 9.94. The largest absolute Gasteiger partial charge is 0.497 e. The number of sulfonamides is 1. The second-order valence-corrected chi connectivity index (χ2v) is 6.73. The van der Waals surface area contributed by atoms with Gasteiger partial charge in [-0.2, -0.15) is 4.72 Å². The number of halogens is 1. The summed E-state index contributed by atoms with van der Waals surface area (Å²) in [6.07, 6.45) is 0. The fraction of sp³-hybridized carbons (Fsp3) is 0.188. The molecule has 0 saturated carbocycles. The van der Waals surface area contributed by atoms with Gasteiger partial charge in [0.25, 0.3) is 0 Å². The van der Waals surface area contributed by atoms with Gasteiger partial charge < -0.3 is 10.1 Å². The van der Waals surface area contributed by atoms with Gasteiger partial charge in [-0.25, -0.2) is 12.8 Å². The number of benzene rings is 2. The summed E-state index contributed by atoms with van der Waals surface area (Å²) in [5.41, 5.74) is 0.372. The molecular formula is C16H17FN2O4S. The van der Waals surface area contributed by atoms with E-state index in [4.69, 9.17) is 4.74 Å². The van der Waals surface area contributed by atoms with Crippen LogP contribution in [0, 0.1) is 5.82 Å². The van der Waals surface area contributed by atoms with E-state index < -0.39 is 27.8 Å². The van der Waals surface area contributed by atoms with Crippen LogP contribution in [0.25, 0.3) is 0 Å². The van der Waals surface area contributed by atoms with Gasteiger partial charge >= 0.3 is 0 Å². The highest BCUT2D eigenvalue weighted by atomic mass is 32.2. The van der Waals surface area contributed by atoms with E-state index in [1.807, 2.05) is 0 Å². The number of amides is 1. The van der Waals surface area contributed by atoms with E-state index in [0.717, 1.165) is 0 Å². The molecule has 0 bridgehead atoms. The molecule has 8 heteroatoms. The van der Waals surface area contributed by atoms with E-state index in [0.29, 0.717) is 11.4 Å². The summed E-state index contributed by atoms with van der Waals surface area (Å²) in [5.74, 6) is -0.462. The Morgan fingerprint density at radius 1 is 1.08 bits per heavy atom. The van der Waals surface area contributed by atoms with Crippen molar-refractivity contribution >= 4 is 21.6 Å². The molecule has 128 valence electrons. The van der Waals surface area contributed by atoms with Crippen molar-refractivity contribution in [3.63, 3.8) is 0 Å². The summed E-state index contributed by atoms with van der Waals surface area (Å²) in [5, 5.41) is 2.51. The van der Waals surface area contributed by atoms with Crippen LogP contribution in [0.4, 0.5) is 10.1 Å². The lowest BCUT2D eigenvalue weighted by Crippen LogP contribution is -2.41. The van der Waals surface area contributed by atoms with E-state index in [2.05, 4.69) is 10.0 Å². The van der Waals surface area contributed by atoms with Crippen LogP contribution in [-0.4, -0.2) is 27.5 Å². The van der Waals surface area contributed by atoms with Gasteiger partial charge in [0.2, 0.25) is 15.9 Å². The van der Waals surface area contributed by atoms with E-state index in [-0.39, 0.29) is 4.90 Å². The van der Waals surface area contributed by atoms with Crippen LogP contribution in [0.5, 0.6) is 5.75 Å². The molecule has 0 aliphatic carbocycles. The van der Waals surface area contributed by atoms with Gasteiger partial charge in [0, 0.05) is 5.69 Å². The van der Waals surface area contributed by atoms with Gasteiger partial charge in [-0.15, -0.1) is 0 Å². The zero-order valence-electron chi connectivity index (χ0n) is 13.1. The average molecular weight is 352 g/mol. The molecule has 0 aliphatic heterocycles. The van der Waals surface area contributed by atoms with Gasteiger partial charge in [-0.1, -0.05) is 0 Å². The molecule has 0 radical (unpaired) electrons. The summed E-state index contributed by atoms with van der Waals surface area (Å²) >= 11 is 0. The average Bonchev–Trinajstić information content (AvgIpc) is 2.56. The predicted octanol–water partition coefficient (Wildman–Crippen LogP) is 2.14. The van der Waals surface area contributed by atoms with Crippen molar-refractivity contribution in [2.45, 2.75) is 17.9 Å². The number of carbonyl (C=O) groups is 1. The highest BCUT2D eigenvalue weighted by molar-refractivity contribution is 7.89. The smallest absolute Gasteiger partial charge is 0.242 e. The summed E-state index contributed by atoms with van der Waals surface area (Å²) in [4.78, 5) is 12.1. The number of hydrogen-bond donors (Lipinski definition) is 2. The standard InChI is InChI=1S/C16H17FN2O4S/c1-11(16(20)18-13-5-3-12(17)4-6-13)19-24(21,22)15-9-7-14(23-2)8-10-15/h3-11,19H,1-2H3,(H,18,20)/t11-/m1/s1. The highest BCUT2D eigenvalue weighted by Gasteiger charge is 2.22. The molecule has 0 aliphatic rings. The van der Waals surface area contributed by atoms with Gasteiger partial charge in [-0.05, 0) is 55.5 Å². The highest BCUT2D eigenvalue weighted by Crippen LogP contribution is 2.16. The molecule has 0 unspecified atom stereocenters. The number of anilines is 1. The lowest BCUT2D eigenvalue weighted by atomic mass is 10.3. The van der Waals surface area contributed by atoms with Crippen molar-refractivity contribution < 1.29 is 22.3 Å². The van der Waals surface area contributed by atoms with Gasteiger partial charge in [0.1, 0.15) is 11.6 Å².